The lowest BCUT2D eigenvalue weighted by Crippen LogP contribution is -2.48. The number of carbonyl (C=O) groups excluding carboxylic acids is 1. The van der Waals surface area contributed by atoms with Crippen LogP contribution in [0.1, 0.15) is 18.1 Å². The fraction of sp³-hybridized carbons (Fsp3) is 0.464. The molecule has 2 saturated heterocycles. The molecule has 3 aliphatic rings. The average Bonchev–Trinajstić information content (AvgIpc) is 3.41. The standard InChI is InChI=1S/C28H35N9O2/c1-20(38)35-12-10-34(11-13-35)8-6-21-2-4-23(5-3-21)37-9-7-24-25(22-18-30-27(29)31-19-22)32-28(33-26(24)37)36-14-16-39-17-15-36/h2-5,18-19H,6-17H2,1H3,(H2,29,30,31). The van der Waals surface area contributed by atoms with Gasteiger partial charge in [0.15, 0.2) is 0 Å². The van der Waals surface area contributed by atoms with Gasteiger partial charge in [0.05, 0.1) is 18.9 Å². The summed E-state index contributed by atoms with van der Waals surface area (Å²) in [4.78, 5) is 38.9. The normalized spacial score (nSPS) is 17.9. The Balaban J connectivity index is 1.21. The van der Waals surface area contributed by atoms with E-state index in [2.05, 4.69) is 48.9 Å². The monoisotopic (exact) mass is 529 g/mol. The quantitative estimate of drug-likeness (QED) is 0.506. The molecule has 3 aromatic rings. The summed E-state index contributed by atoms with van der Waals surface area (Å²) in [5.74, 6) is 2.06. The number of hydrogen-bond acceptors (Lipinski definition) is 10. The maximum absolute atomic E-state index is 11.6. The lowest BCUT2D eigenvalue weighted by Gasteiger charge is -2.34. The Morgan fingerprint density at radius 3 is 2.36 bits per heavy atom. The van der Waals surface area contributed by atoms with E-state index in [1.807, 2.05) is 4.90 Å². The fourth-order valence-corrected chi connectivity index (χ4v) is 5.51. The van der Waals surface area contributed by atoms with Crippen molar-refractivity contribution in [3.8, 4) is 11.3 Å². The van der Waals surface area contributed by atoms with Gasteiger partial charge < -0.3 is 25.2 Å². The Kier molecular flexibility index (Phi) is 7.25. The second kappa shape index (κ2) is 11.1. The summed E-state index contributed by atoms with van der Waals surface area (Å²) in [5, 5.41) is 0. The molecule has 11 nitrogen and oxygen atoms in total. The first kappa shape index (κ1) is 25.4. The van der Waals surface area contributed by atoms with Crippen LogP contribution in [-0.2, 0) is 22.4 Å². The topological polar surface area (TPSA) is 117 Å². The van der Waals surface area contributed by atoms with Crippen molar-refractivity contribution in [3.05, 3.63) is 47.8 Å². The number of nitrogens with two attached hydrogens (primary N) is 1. The number of nitrogens with zero attached hydrogens (tertiary/aromatic N) is 8. The molecule has 11 heteroatoms. The molecule has 0 spiro atoms. The van der Waals surface area contributed by atoms with Gasteiger partial charge in [-0.1, -0.05) is 12.1 Å². The minimum atomic E-state index is 0.171. The van der Waals surface area contributed by atoms with Gasteiger partial charge in [-0.3, -0.25) is 9.69 Å². The van der Waals surface area contributed by atoms with Crippen molar-refractivity contribution in [2.24, 2.45) is 0 Å². The molecule has 1 amide bonds. The van der Waals surface area contributed by atoms with Gasteiger partial charge in [-0.25, -0.2) is 15.0 Å². The fourth-order valence-electron chi connectivity index (χ4n) is 5.51. The second-order valence-corrected chi connectivity index (χ2v) is 10.3. The molecule has 204 valence electrons. The highest BCUT2D eigenvalue weighted by Gasteiger charge is 2.29. The minimum absolute atomic E-state index is 0.171. The third-order valence-corrected chi connectivity index (χ3v) is 7.84. The lowest BCUT2D eigenvalue weighted by atomic mass is 10.1. The number of anilines is 4. The summed E-state index contributed by atoms with van der Waals surface area (Å²) in [7, 11) is 0. The largest absolute Gasteiger partial charge is 0.378 e. The SMILES string of the molecule is CC(=O)N1CCN(CCc2ccc(N3CCc4c(-c5cnc(N)nc5)nc(N5CCOCC5)nc43)cc2)CC1. The molecule has 39 heavy (non-hydrogen) atoms. The molecule has 1 aromatic carbocycles. The van der Waals surface area contributed by atoms with Gasteiger partial charge in [-0.15, -0.1) is 0 Å². The number of nitrogen functional groups attached to an aromatic ring is 1. The number of fused-ring (bicyclic) bond motifs is 1. The van der Waals surface area contributed by atoms with Gasteiger partial charge in [0.2, 0.25) is 17.8 Å². The van der Waals surface area contributed by atoms with Crippen LogP contribution in [0.2, 0.25) is 0 Å². The molecule has 2 aromatic heterocycles. The van der Waals surface area contributed by atoms with Gasteiger partial charge in [0.25, 0.3) is 0 Å². The van der Waals surface area contributed by atoms with Crippen LogP contribution in [0.15, 0.2) is 36.7 Å². The highest BCUT2D eigenvalue weighted by atomic mass is 16.5. The smallest absolute Gasteiger partial charge is 0.228 e. The van der Waals surface area contributed by atoms with Crippen LogP contribution in [0.3, 0.4) is 0 Å². The number of ether oxygens (including phenoxy) is 1. The van der Waals surface area contributed by atoms with E-state index in [-0.39, 0.29) is 11.9 Å². The first-order valence-electron chi connectivity index (χ1n) is 13.7. The van der Waals surface area contributed by atoms with Crippen molar-refractivity contribution in [2.75, 3.05) is 81.1 Å². The van der Waals surface area contributed by atoms with Crippen molar-refractivity contribution in [3.63, 3.8) is 0 Å². The Labute approximate surface area is 228 Å². The number of amides is 1. The van der Waals surface area contributed by atoms with Crippen LogP contribution in [0, 0.1) is 0 Å². The molecule has 0 unspecified atom stereocenters. The van der Waals surface area contributed by atoms with Crippen molar-refractivity contribution in [2.45, 2.75) is 19.8 Å². The van der Waals surface area contributed by atoms with Gasteiger partial charge >= 0.3 is 0 Å². The highest BCUT2D eigenvalue weighted by molar-refractivity contribution is 5.77. The van der Waals surface area contributed by atoms with Crippen molar-refractivity contribution in [1.82, 2.24) is 29.7 Å². The Hall–Kier alpha value is -3.83. The molecule has 2 fully saturated rings. The second-order valence-electron chi connectivity index (χ2n) is 10.3. The summed E-state index contributed by atoms with van der Waals surface area (Å²) in [6, 6.07) is 8.83. The van der Waals surface area contributed by atoms with Crippen LogP contribution in [0.5, 0.6) is 0 Å². The van der Waals surface area contributed by atoms with Gasteiger partial charge in [-0.05, 0) is 30.5 Å². The van der Waals surface area contributed by atoms with E-state index in [1.54, 1.807) is 19.3 Å². The number of aromatic nitrogens is 4. The summed E-state index contributed by atoms with van der Waals surface area (Å²) in [6.07, 6.45) is 5.31. The summed E-state index contributed by atoms with van der Waals surface area (Å²) in [6.45, 7) is 9.85. The molecule has 0 radical (unpaired) electrons. The van der Waals surface area contributed by atoms with Crippen molar-refractivity contribution >= 4 is 29.3 Å². The average molecular weight is 530 g/mol. The first-order valence-corrected chi connectivity index (χ1v) is 13.7. The van der Waals surface area contributed by atoms with Crippen LogP contribution >= 0.6 is 0 Å². The van der Waals surface area contributed by atoms with Crippen molar-refractivity contribution in [1.29, 1.82) is 0 Å². The van der Waals surface area contributed by atoms with E-state index in [1.165, 1.54) is 5.56 Å². The summed E-state index contributed by atoms with van der Waals surface area (Å²) in [5.41, 5.74) is 11.0. The Morgan fingerprint density at radius 1 is 0.949 bits per heavy atom. The third-order valence-electron chi connectivity index (χ3n) is 7.84. The molecular formula is C28H35N9O2. The van der Waals surface area contributed by atoms with Crippen LogP contribution in [0.4, 0.5) is 23.4 Å². The van der Waals surface area contributed by atoms with Crippen LogP contribution < -0.4 is 15.5 Å². The zero-order valence-electron chi connectivity index (χ0n) is 22.4. The Morgan fingerprint density at radius 2 is 1.67 bits per heavy atom. The predicted octanol–water partition coefficient (Wildman–Crippen LogP) is 1.75. The van der Waals surface area contributed by atoms with E-state index >= 15 is 0 Å². The first-order chi connectivity index (χ1) is 19.0. The maximum Gasteiger partial charge on any atom is 0.228 e. The third kappa shape index (κ3) is 5.50. The molecular weight excluding hydrogens is 494 g/mol. The van der Waals surface area contributed by atoms with Crippen LogP contribution in [-0.4, -0.2) is 101 Å². The van der Waals surface area contributed by atoms with E-state index in [0.29, 0.717) is 19.2 Å². The zero-order valence-corrected chi connectivity index (χ0v) is 22.4. The zero-order chi connectivity index (χ0) is 26.8. The number of hydrogen-bond donors (Lipinski definition) is 1. The molecule has 0 bridgehead atoms. The summed E-state index contributed by atoms with van der Waals surface area (Å²) < 4.78 is 5.56. The minimum Gasteiger partial charge on any atom is -0.378 e. The van der Waals surface area contributed by atoms with Gasteiger partial charge in [-0.2, -0.15) is 4.98 Å². The number of rotatable bonds is 6. The highest BCUT2D eigenvalue weighted by Crippen LogP contribution is 2.39. The van der Waals surface area contributed by atoms with Gasteiger partial charge in [0.1, 0.15) is 5.82 Å². The summed E-state index contributed by atoms with van der Waals surface area (Å²) >= 11 is 0. The van der Waals surface area contributed by atoms with E-state index < -0.39 is 0 Å². The van der Waals surface area contributed by atoms with Crippen molar-refractivity contribution < 1.29 is 9.53 Å². The lowest BCUT2D eigenvalue weighted by molar-refractivity contribution is -0.130. The Bertz CT molecular complexity index is 1300. The molecule has 5 heterocycles. The molecule has 2 N–H and O–H groups in total. The molecule has 6 rings (SSSR count). The molecule has 0 atom stereocenters. The number of benzene rings is 1. The number of piperazine rings is 1. The molecule has 0 saturated carbocycles. The number of morpholine rings is 1. The maximum atomic E-state index is 11.6. The van der Waals surface area contributed by atoms with E-state index in [4.69, 9.17) is 20.4 Å². The van der Waals surface area contributed by atoms with Gasteiger partial charge in [0, 0.05) is 88.5 Å². The predicted molar refractivity (Wildman–Crippen MR) is 150 cm³/mol. The van der Waals surface area contributed by atoms with Crippen LogP contribution in [0.25, 0.3) is 11.3 Å². The number of carbonyl (C=O) groups is 1. The van der Waals surface area contributed by atoms with E-state index in [0.717, 1.165) is 93.5 Å². The molecule has 3 aliphatic heterocycles. The molecule has 0 aliphatic carbocycles. The van der Waals surface area contributed by atoms with E-state index in [9.17, 15) is 4.79 Å².